The van der Waals surface area contributed by atoms with Crippen molar-refractivity contribution in [2.75, 3.05) is 20.2 Å². The van der Waals surface area contributed by atoms with Crippen LogP contribution < -0.4 is 4.74 Å². The highest BCUT2D eigenvalue weighted by Crippen LogP contribution is 2.26. The lowest BCUT2D eigenvalue weighted by molar-refractivity contribution is 0.0424. The van der Waals surface area contributed by atoms with E-state index in [2.05, 4.69) is 23.1 Å². The molecule has 2 rings (SSSR count). The second kappa shape index (κ2) is 5.29. The summed E-state index contributed by atoms with van der Waals surface area (Å²) in [5.74, 6) is 1.04. The van der Waals surface area contributed by atoms with Gasteiger partial charge in [-0.2, -0.15) is 0 Å². The van der Waals surface area contributed by atoms with E-state index in [1.807, 2.05) is 20.9 Å². The normalized spacial score (nSPS) is 15.4. The zero-order valence-corrected chi connectivity index (χ0v) is 11.6. The van der Waals surface area contributed by atoms with Crippen LogP contribution in [0, 0.1) is 0 Å². The number of aryl methyl sites for hydroxylation is 1. The molecule has 0 radical (unpaired) electrons. The summed E-state index contributed by atoms with van der Waals surface area (Å²) < 4.78 is 5.61. The van der Waals surface area contributed by atoms with Gasteiger partial charge in [0.2, 0.25) is 0 Å². The van der Waals surface area contributed by atoms with Crippen LogP contribution in [0.2, 0.25) is 0 Å². The Labute approximate surface area is 109 Å². The Balaban J connectivity index is 2.01. The molecule has 0 aromatic heterocycles. The number of nitrogens with zero attached hydrogens (tertiary/aromatic N) is 1. The molecule has 100 valence electrons. The van der Waals surface area contributed by atoms with Crippen molar-refractivity contribution in [3.05, 3.63) is 29.3 Å². The first-order valence-electron chi connectivity index (χ1n) is 6.59. The molecular weight excluding hydrogens is 226 g/mol. The smallest absolute Gasteiger partial charge is 0.122 e. The van der Waals surface area contributed by atoms with Gasteiger partial charge in [-0.25, -0.2) is 0 Å². The van der Waals surface area contributed by atoms with Crippen LogP contribution in [0.1, 0.15) is 31.4 Å². The third kappa shape index (κ3) is 3.72. The Morgan fingerprint density at radius 2 is 2.17 bits per heavy atom. The quantitative estimate of drug-likeness (QED) is 0.888. The lowest BCUT2D eigenvalue weighted by Gasteiger charge is -2.26. The minimum Gasteiger partial charge on any atom is -0.493 e. The van der Waals surface area contributed by atoms with Crippen LogP contribution in [0.5, 0.6) is 5.75 Å². The van der Waals surface area contributed by atoms with Gasteiger partial charge in [0.05, 0.1) is 12.2 Å². The Kier molecular flexibility index (Phi) is 3.93. The van der Waals surface area contributed by atoms with Gasteiger partial charge < -0.3 is 9.84 Å². The first-order valence-corrected chi connectivity index (χ1v) is 6.59. The molecule has 0 aliphatic carbocycles. The number of hydrogen-bond donors (Lipinski definition) is 1. The van der Waals surface area contributed by atoms with E-state index in [0.717, 1.165) is 31.7 Å². The highest BCUT2D eigenvalue weighted by molar-refractivity contribution is 5.38. The van der Waals surface area contributed by atoms with Crippen LogP contribution in [0.3, 0.4) is 0 Å². The number of fused-ring (bicyclic) bond motifs is 1. The number of benzene rings is 1. The summed E-state index contributed by atoms with van der Waals surface area (Å²) in [4.78, 5) is 2.14. The third-order valence-corrected chi connectivity index (χ3v) is 3.08. The predicted octanol–water partition coefficient (Wildman–Crippen LogP) is 2.21. The first-order chi connectivity index (χ1) is 8.44. The highest BCUT2D eigenvalue weighted by Gasteiger charge is 2.16. The van der Waals surface area contributed by atoms with Gasteiger partial charge in [0, 0.05) is 13.1 Å². The minimum absolute atomic E-state index is 0.647. The zero-order chi connectivity index (χ0) is 13.2. The van der Waals surface area contributed by atoms with E-state index in [0.29, 0.717) is 6.54 Å². The maximum atomic E-state index is 9.80. The number of likely N-dealkylation sites (N-methyl/N-ethyl adjacent to an activating group) is 1. The van der Waals surface area contributed by atoms with Gasteiger partial charge in [-0.15, -0.1) is 0 Å². The topological polar surface area (TPSA) is 32.7 Å². The van der Waals surface area contributed by atoms with Crippen molar-refractivity contribution < 1.29 is 9.84 Å². The van der Waals surface area contributed by atoms with E-state index >= 15 is 0 Å². The van der Waals surface area contributed by atoms with Gasteiger partial charge in [-0.05, 0) is 50.9 Å². The summed E-state index contributed by atoms with van der Waals surface area (Å²) in [5.41, 5.74) is 1.95. The molecule has 0 fully saturated rings. The van der Waals surface area contributed by atoms with Gasteiger partial charge in [0.15, 0.2) is 0 Å². The summed E-state index contributed by atoms with van der Waals surface area (Å²) in [6.45, 7) is 6.04. The van der Waals surface area contributed by atoms with Crippen molar-refractivity contribution in [3.8, 4) is 5.75 Å². The highest BCUT2D eigenvalue weighted by atomic mass is 16.5. The van der Waals surface area contributed by atoms with Crippen LogP contribution in [-0.4, -0.2) is 35.8 Å². The maximum absolute atomic E-state index is 9.80. The average molecular weight is 249 g/mol. The number of hydrogen-bond acceptors (Lipinski definition) is 3. The molecule has 3 heteroatoms. The molecule has 1 aromatic carbocycles. The van der Waals surface area contributed by atoms with Crippen molar-refractivity contribution in [3.63, 3.8) is 0 Å². The summed E-state index contributed by atoms with van der Waals surface area (Å²) in [6, 6.07) is 6.42. The van der Waals surface area contributed by atoms with Crippen molar-refractivity contribution >= 4 is 0 Å². The molecule has 0 atom stereocenters. The van der Waals surface area contributed by atoms with Crippen LogP contribution in [0.25, 0.3) is 0 Å². The van der Waals surface area contributed by atoms with E-state index < -0.39 is 5.60 Å². The van der Waals surface area contributed by atoms with E-state index in [1.165, 1.54) is 11.1 Å². The molecule has 1 heterocycles. The fourth-order valence-corrected chi connectivity index (χ4v) is 2.54. The lowest BCUT2D eigenvalue weighted by atomic mass is 10.0. The van der Waals surface area contributed by atoms with Crippen LogP contribution in [0.4, 0.5) is 0 Å². The van der Waals surface area contributed by atoms with Crippen LogP contribution in [-0.2, 0) is 13.0 Å². The molecule has 18 heavy (non-hydrogen) atoms. The summed E-state index contributed by atoms with van der Waals surface area (Å²) in [6.07, 6.45) is 2.22. The molecule has 1 aliphatic heterocycles. The SMILES string of the molecule is CN(Cc1ccc2c(c1)CCCO2)CC(C)(C)O. The fraction of sp³-hybridized carbons (Fsp3) is 0.600. The van der Waals surface area contributed by atoms with Crippen molar-refractivity contribution in [2.24, 2.45) is 0 Å². The van der Waals surface area contributed by atoms with Gasteiger partial charge in [0.25, 0.3) is 0 Å². The van der Waals surface area contributed by atoms with E-state index in [4.69, 9.17) is 4.74 Å². The molecule has 0 saturated carbocycles. The molecule has 3 nitrogen and oxygen atoms in total. The average Bonchev–Trinajstić information content (AvgIpc) is 2.26. The summed E-state index contributed by atoms with van der Waals surface area (Å²) in [5, 5.41) is 9.80. The second-order valence-corrected chi connectivity index (χ2v) is 5.88. The lowest BCUT2D eigenvalue weighted by Crippen LogP contribution is -2.35. The van der Waals surface area contributed by atoms with Gasteiger partial charge >= 0.3 is 0 Å². The van der Waals surface area contributed by atoms with E-state index in [-0.39, 0.29) is 0 Å². The largest absolute Gasteiger partial charge is 0.493 e. The van der Waals surface area contributed by atoms with Crippen molar-refractivity contribution in [1.29, 1.82) is 0 Å². The van der Waals surface area contributed by atoms with Gasteiger partial charge in [0.1, 0.15) is 5.75 Å². The van der Waals surface area contributed by atoms with Crippen LogP contribution >= 0.6 is 0 Å². The molecule has 0 unspecified atom stereocenters. The monoisotopic (exact) mass is 249 g/mol. The third-order valence-electron chi connectivity index (χ3n) is 3.08. The van der Waals surface area contributed by atoms with Gasteiger partial charge in [-0.3, -0.25) is 4.90 Å². The molecule has 0 amide bonds. The molecule has 1 aromatic rings. The Bertz CT molecular complexity index is 409. The van der Waals surface area contributed by atoms with Crippen molar-refractivity contribution in [1.82, 2.24) is 4.90 Å². The van der Waals surface area contributed by atoms with E-state index in [1.54, 1.807) is 0 Å². The number of ether oxygens (including phenoxy) is 1. The number of rotatable bonds is 4. The Morgan fingerprint density at radius 1 is 1.39 bits per heavy atom. The molecule has 0 saturated heterocycles. The number of aliphatic hydroxyl groups is 1. The van der Waals surface area contributed by atoms with E-state index in [9.17, 15) is 5.11 Å². The molecule has 0 bridgehead atoms. The minimum atomic E-state index is -0.647. The maximum Gasteiger partial charge on any atom is 0.122 e. The first kappa shape index (κ1) is 13.4. The van der Waals surface area contributed by atoms with Crippen molar-refractivity contribution in [2.45, 2.75) is 38.8 Å². The second-order valence-electron chi connectivity index (χ2n) is 5.88. The molecule has 0 spiro atoms. The molecular formula is C15H23NO2. The van der Waals surface area contributed by atoms with Gasteiger partial charge in [-0.1, -0.05) is 12.1 Å². The summed E-state index contributed by atoms with van der Waals surface area (Å²) in [7, 11) is 2.04. The Morgan fingerprint density at radius 3 is 2.89 bits per heavy atom. The standard InChI is InChI=1S/C15H23NO2/c1-15(2,17)11-16(3)10-12-6-7-14-13(9-12)5-4-8-18-14/h6-7,9,17H,4-5,8,10-11H2,1-3H3. The summed E-state index contributed by atoms with van der Waals surface area (Å²) >= 11 is 0. The molecule has 1 aliphatic rings. The zero-order valence-electron chi connectivity index (χ0n) is 11.6. The predicted molar refractivity (Wildman–Crippen MR) is 72.9 cm³/mol. The van der Waals surface area contributed by atoms with Crippen LogP contribution in [0.15, 0.2) is 18.2 Å². The fourth-order valence-electron chi connectivity index (χ4n) is 2.54. The Hall–Kier alpha value is -1.06. The molecule has 1 N–H and O–H groups in total.